The number of nitriles is 1. The third-order valence-corrected chi connectivity index (χ3v) is 4.35. The average Bonchev–Trinajstić information content (AvgIpc) is 3.00. The van der Waals surface area contributed by atoms with Gasteiger partial charge in [-0.15, -0.1) is 0 Å². The molecule has 20 heavy (non-hydrogen) atoms. The van der Waals surface area contributed by atoms with Crippen LogP contribution in [0.5, 0.6) is 0 Å². The fourth-order valence-electron chi connectivity index (χ4n) is 3.63. The maximum absolute atomic E-state index is 12.5. The number of fused-ring (bicyclic) bond motifs is 2. The fraction of sp³-hybridized carbons (Fsp3) is 0.643. The molecule has 2 aliphatic heterocycles. The van der Waals surface area contributed by atoms with Crippen molar-refractivity contribution in [1.29, 1.82) is 5.26 Å². The number of amides is 1. The Morgan fingerprint density at radius 1 is 1.40 bits per heavy atom. The van der Waals surface area contributed by atoms with Crippen molar-refractivity contribution in [3.05, 3.63) is 18.2 Å². The number of carbonyl (C=O) groups is 1. The van der Waals surface area contributed by atoms with E-state index in [4.69, 9.17) is 5.26 Å². The lowest BCUT2D eigenvalue weighted by molar-refractivity contribution is 0.0594. The zero-order chi connectivity index (χ0) is 14.3. The molecule has 2 atom stereocenters. The van der Waals surface area contributed by atoms with Crippen molar-refractivity contribution in [2.24, 2.45) is 0 Å². The molecule has 2 bridgehead atoms. The van der Waals surface area contributed by atoms with E-state index in [2.05, 4.69) is 23.7 Å². The molecule has 1 aromatic rings. The predicted octanol–water partition coefficient (Wildman–Crippen LogP) is 1.28. The molecule has 0 radical (unpaired) electrons. The summed E-state index contributed by atoms with van der Waals surface area (Å²) < 4.78 is 1.35. The number of likely N-dealkylation sites (tertiary alicyclic amines) is 1. The highest BCUT2D eigenvalue weighted by molar-refractivity contribution is 5.78. The number of carbonyl (C=O) groups excluding carboxylic acids is 1. The molecule has 0 N–H and O–H groups in total. The minimum Gasteiger partial charge on any atom is -0.321 e. The second-order valence-electron chi connectivity index (χ2n) is 5.85. The van der Waals surface area contributed by atoms with Gasteiger partial charge in [0.25, 0.3) is 0 Å². The lowest BCUT2D eigenvalue weighted by Crippen LogP contribution is -2.57. The maximum atomic E-state index is 12.5. The SMILES string of the molecule is CC(C)N1C2CCC1CN(C(=O)n1ccnc1C#N)C2. The van der Waals surface area contributed by atoms with Gasteiger partial charge in [-0.1, -0.05) is 0 Å². The van der Waals surface area contributed by atoms with Crippen molar-refractivity contribution in [2.45, 2.75) is 44.8 Å². The van der Waals surface area contributed by atoms with Crippen molar-refractivity contribution in [3.63, 3.8) is 0 Å². The summed E-state index contributed by atoms with van der Waals surface area (Å²) in [5.41, 5.74) is 0. The average molecular weight is 273 g/mol. The summed E-state index contributed by atoms with van der Waals surface area (Å²) in [6.45, 7) is 5.92. The molecular weight excluding hydrogens is 254 g/mol. The summed E-state index contributed by atoms with van der Waals surface area (Å²) >= 11 is 0. The van der Waals surface area contributed by atoms with Crippen LogP contribution in [0, 0.1) is 11.3 Å². The molecule has 2 unspecified atom stereocenters. The normalized spacial score (nSPS) is 26.0. The molecule has 6 heteroatoms. The standard InChI is InChI=1S/C14H19N5O/c1-10(2)19-11-3-4-12(19)9-17(8-11)14(20)18-6-5-16-13(18)7-15/h5-6,10-12H,3-4,8-9H2,1-2H3. The van der Waals surface area contributed by atoms with Gasteiger partial charge in [0.2, 0.25) is 5.82 Å². The Hall–Kier alpha value is -1.87. The number of nitrogens with zero attached hydrogens (tertiary/aromatic N) is 5. The quantitative estimate of drug-likeness (QED) is 0.773. The van der Waals surface area contributed by atoms with Gasteiger partial charge in [-0.3, -0.25) is 4.90 Å². The third kappa shape index (κ3) is 1.98. The molecule has 2 aliphatic rings. The second kappa shape index (κ2) is 4.91. The van der Waals surface area contributed by atoms with Crippen LogP contribution in [-0.2, 0) is 0 Å². The molecule has 0 aliphatic carbocycles. The molecule has 1 aromatic heterocycles. The lowest BCUT2D eigenvalue weighted by atomic mass is 10.1. The van der Waals surface area contributed by atoms with E-state index in [1.54, 1.807) is 6.20 Å². The van der Waals surface area contributed by atoms with E-state index in [1.165, 1.54) is 10.8 Å². The maximum Gasteiger partial charge on any atom is 0.330 e. The van der Waals surface area contributed by atoms with E-state index in [1.807, 2.05) is 11.0 Å². The first kappa shape index (κ1) is 13.1. The molecule has 0 spiro atoms. The van der Waals surface area contributed by atoms with Gasteiger partial charge >= 0.3 is 6.03 Å². The van der Waals surface area contributed by atoms with Gasteiger partial charge in [0.05, 0.1) is 0 Å². The van der Waals surface area contributed by atoms with Crippen LogP contribution in [0.15, 0.2) is 12.4 Å². The molecule has 106 valence electrons. The Morgan fingerprint density at radius 2 is 2.05 bits per heavy atom. The first-order valence-electron chi connectivity index (χ1n) is 7.12. The Bertz CT molecular complexity index is 544. The fourth-order valence-corrected chi connectivity index (χ4v) is 3.63. The van der Waals surface area contributed by atoms with E-state index in [9.17, 15) is 4.79 Å². The van der Waals surface area contributed by atoms with Crippen molar-refractivity contribution in [3.8, 4) is 6.07 Å². The largest absolute Gasteiger partial charge is 0.330 e. The van der Waals surface area contributed by atoms with Gasteiger partial charge in [-0.25, -0.2) is 14.3 Å². The lowest BCUT2D eigenvalue weighted by Gasteiger charge is -2.43. The topological polar surface area (TPSA) is 65.2 Å². The molecular formula is C14H19N5O. The van der Waals surface area contributed by atoms with E-state index in [0.29, 0.717) is 18.1 Å². The van der Waals surface area contributed by atoms with Crippen molar-refractivity contribution >= 4 is 6.03 Å². The monoisotopic (exact) mass is 273 g/mol. The predicted molar refractivity (Wildman–Crippen MR) is 73.1 cm³/mol. The second-order valence-corrected chi connectivity index (χ2v) is 5.85. The molecule has 0 aromatic carbocycles. The smallest absolute Gasteiger partial charge is 0.321 e. The number of hydrogen-bond donors (Lipinski definition) is 0. The van der Waals surface area contributed by atoms with Crippen molar-refractivity contribution in [2.75, 3.05) is 13.1 Å². The molecule has 3 heterocycles. The minimum absolute atomic E-state index is 0.126. The summed E-state index contributed by atoms with van der Waals surface area (Å²) in [6, 6.07) is 3.25. The van der Waals surface area contributed by atoms with Crippen LogP contribution in [0.1, 0.15) is 32.5 Å². The Kier molecular flexibility index (Phi) is 3.22. The zero-order valence-corrected chi connectivity index (χ0v) is 11.9. The molecule has 3 rings (SSSR count). The van der Waals surface area contributed by atoms with Gasteiger partial charge in [0.15, 0.2) is 0 Å². The molecule has 2 fully saturated rings. The highest BCUT2D eigenvalue weighted by Crippen LogP contribution is 2.32. The Balaban J connectivity index is 1.78. The molecule has 2 saturated heterocycles. The van der Waals surface area contributed by atoms with Crippen LogP contribution in [0.25, 0.3) is 0 Å². The van der Waals surface area contributed by atoms with Gasteiger partial charge in [0, 0.05) is 43.6 Å². The highest BCUT2D eigenvalue weighted by Gasteiger charge is 2.42. The van der Waals surface area contributed by atoms with Gasteiger partial charge in [-0.05, 0) is 26.7 Å². The van der Waals surface area contributed by atoms with Crippen LogP contribution in [-0.4, -0.2) is 56.6 Å². The number of hydrogen-bond acceptors (Lipinski definition) is 4. The van der Waals surface area contributed by atoms with Gasteiger partial charge < -0.3 is 4.90 Å². The van der Waals surface area contributed by atoms with Crippen LogP contribution in [0.3, 0.4) is 0 Å². The van der Waals surface area contributed by atoms with Crippen LogP contribution in [0.2, 0.25) is 0 Å². The summed E-state index contributed by atoms with van der Waals surface area (Å²) in [7, 11) is 0. The Morgan fingerprint density at radius 3 is 2.60 bits per heavy atom. The van der Waals surface area contributed by atoms with Crippen molar-refractivity contribution in [1.82, 2.24) is 19.4 Å². The van der Waals surface area contributed by atoms with Gasteiger partial charge in [0.1, 0.15) is 6.07 Å². The number of imidazole rings is 1. The van der Waals surface area contributed by atoms with Crippen LogP contribution >= 0.6 is 0 Å². The summed E-state index contributed by atoms with van der Waals surface area (Å²) in [4.78, 5) is 20.8. The van der Waals surface area contributed by atoms with Gasteiger partial charge in [-0.2, -0.15) is 5.26 Å². The number of aromatic nitrogens is 2. The van der Waals surface area contributed by atoms with E-state index >= 15 is 0 Å². The summed E-state index contributed by atoms with van der Waals surface area (Å²) in [6.07, 6.45) is 5.37. The molecule has 6 nitrogen and oxygen atoms in total. The molecule has 0 saturated carbocycles. The Labute approximate surface area is 118 Å². The first-order chi connectivity index (χ1) is 9.61. The highest BCUT2D eigenvalue weighted by atomic mass is 16.2. The van der Waals surface area contributed by atoms with Crippen LogP contribution in [0.4, 0.5) is 4.79 Å². The first-order valence-corrected chi connectivity index (χ1v) is 7.12. The van der Waals surface area contributed by atoms with Crippen LogP contribution < -0.4 is 0 Å². The van der Waals surface area contributed by atoms with E-state index < -0.39 is 0 Å². The summed E-state index contributed by atoms with van der Waals surface area (Å²) in [5.74, 6) is 0.161. The summed E-state index contributed by atoms with van der Waals surface area (Å²) in [5, 5.41) is 8.97. The number of piperazine rings is 1. The minimum atomic E-state index is -0.126. The van der Waals surface area contributed by atoms with E-state index in [0.717, 1.165) is 25.9 Å². The third-order valence-electron chi connectivity index (χ3n) is 4.35. The van der Waals surface area contributed by atoms with E-state index in [-0.39, 0.29) is 11.9 Å². The zero-order valence-electron chi connectivity index (χ0n) is 11.9. The van der Waals surface area contributed by atoms with Crippen molar-refractivity contribution < 1.29 is 4.79 Å². The molecule has 1 amide bonds. The number of rotatable bonds is 1.